The van der Waals surface area contributed by atoms with Gasteiger partial charge in [-0.1, -0.05) is 24.3 Å². The second-order valence-electron chi connectivity index (χ2n) is 6.39. The molecule has 0 bridgehead atoms. The van der Waals surface area contributed by atoms with Gasteiger partial charge in [0.25, 0.3) is 5.69 Å². The highest BCUT2D eigenvalue weighted by Crippen LogP contribution is 2.28. The number of carbonyl (C=O) groups is 2. The summed E-state index contributed by atoms with van der Waals surface area (Å²) in [6.45, 7) is 1.64. The van der Waals surface area contributed by atoms with Gasteiger partial charge in [0.15, 0.2) is 0 Å². The van der Waals surface area contributed by atoms with E-state index in [1.54, 1.807) is 19.1 Å². The van der Waals surface area contributed by atoms with Gasteiger partial charge in [-0.15, -0.1) is 0 Å². The number of nitro benzene ring substituents is 1. The summed E-state index contributed by atoms with van der Waals surface area (Å²) in [7, 11) is 0. The van der Waals surface area contributed by atoms with Crippen LogP contribution in [0.5, 0.6) is 0 Å². The SMILES string of the molecule is Cc1ccc(NC(=O)CC[C@H]2Cc3ccccc3NC2=O)cc1[N+](=O)[O-]. The van der Waals surface area contributed by atoms with Crippen molar-refractivity contribution in [1.82, 2.24) is 0 Å². The van der Waals surface area contributed by atoms with Crippen LogP contribution in [0, 0.1) is 23.0 Å². The smallest absolute Gasteiger partial charge is 0.274 e. The maximum atomic E-state index is 12.2. The molecule has 7 heteroatoms. The minimum absolute atomic E-state index is 0.0361. The molecular formula is C19H19N3O4. The monoisotopic (exact) mass is 353 g/mol. The summed E-state index contributed by atoms with van der Waals surface area (Å²) in [6, 6.07) is 12.2. The van der Waals surface area contributed by atoms with Gasteiger partial charge in [-0.05, 0) is 37.5 Å². The molecule has 0 saturated heterocycles. The lowest BCUT2D eigenvalue weighted by Crippen LogP contribution is -2.30. The molecule has 134 valence electrons. The summed E-state index contributed by atoms with van der Waals surface area (Å²) in [5.74, 6) is -0.611. The molecule has 2 aromatic carbocycles. The third-order valence-electron chi connectivity index (χ3n) is 4.52. The number of benzene rings is 2. The number of aryl methyl sites for hydroxylation is 1. The van der Waals surface area contributed by atoms with Crippen LogP contribution in [0.3, 0.4) is 0 Å². The number of hydrogen-bond donors (Lipinski definition) is 2. The Bertz CT molecular complexity index is 879. The molecule has 7 nitrogen and oxygen atoms in total. The molecule has 0 unspecified atom stereocenters. The van der Waals surface area contributed by atoms with Gasteiger partial charge in [0.1, 0.15) is 0 Å². The van der Waals surface area contributed by atoms with Crippen molar-refractivity contribution in [2.75, 3.05) is 10.6 Å². The van der Waals surface area contributed by atoms with Crippen molar-refractivity contribution in [3.05, 3.63) is 63.7 Å². The second-order valence-corrected chi connectivity index (χ2v) is 6.39. The maximum Gasteiger partial charge on any atom is 0.274 e. The Kier molecular flexibility index (Phi) is 4.97. The number of fused-ring (bicyclic) bond motifs is 1. The quantitative estimate of drug-likeness (QED) is 0.635. The number of nitrogens with one attached hydrogen (secondary N) is 2. The number of anilines is 2. The fourth-order valence-electron chi connectivity index (χ4n) is 3.06. The standard InChI is InChI=1S/C19H19N3O4/c1-12-6-8-15(11-17(12)22(25)26)20-18(23)9-7-14-10-13-4-2-3-5-16(13)21-19(14)24/h2-6,8,11,14H,7,9-10H2,1H3,(H,20,23)(H,21,24)/t14-/m0/s1. The molecule has 0 fully saturated rings. The molecule has 2 amide bonds. The first kappa shape index (κ1) is 17.6. The van der Waals surface area contributed by atoms with E-state index in [0.29, 0.717) is 24.1 Å². The number of hydrogen-bond acceptors (Lipinski definition) is 4. The lowest BCUT2D eigenvalue weighted by Gasteiger charge is -2.24. The van der Waals surface area contributed by atoms with Crippen molar-refractivity contribution >= 4 is 28.9 Å². The zero-order valence-corrected chi connectivity index (χ0v) is 14.3. The van der Waals surface area contributed by atoms with Crippen LogP contribution in [-0.2, 0) is 16.0 Å². The minimum Gasteiger partial charge on any atom is -0.326 e. The van der Waals surface area contributed by atoms with Crippen LogP contribution < -0.4 is 10.6 Å². The Labute approximate surface area is 150 Å². The number of rotatable bonds is 5. The Morgan fingerprint density at radius 1 is 1.31 bits per heavy atom. The van der Waals surface area contributed by atoms with Crippen molar-refractivity contribution in [3.8, 4) is 0 Å². The van der Waals surface area contributed by atoms with E-state index < -0.39 is 4.92 Å². The normalized spacial score (nSPS) is 15.7. The second kappa shape index (κ2) is 7.35. The molecule has 1 aliphatic rings. The van der Waals surface area contributed by atoms with Gasteiger partial charge < -0.3 is 10.6 Å². The zero-order chi connectivity index (χ0) is 18.7. The lowest BCUT2D eigenvalue weighted by molar-refractivity contribution is -0.385. The molecule has 2 aromatic rings. The third-order valence-corrected chi connectivity index (χ3v) is 4.52. The summed E-state index contributed by atoms with van der Waals surface area (Å²) in [5.41, 5.74) is 2.76. The summed E-state index contributed by atoms with van der Waals surface area (Å²) in [5, 5.41) is 16.5. The Balaban J connectivity index is 1.59. The molecular weight excluding hydrogens is 334 g/mol. The van der Waals surface area contributed by atoms with Crippen molar-refractivity contribution < 1.29 is 14.5 Å². The Morgan fingerprint density at radius 2 is 2.08 bits per heavy atom. The van der Waals surface area contributed by atoms with Crippen LogP contribution in [0.15, 0.2) is 42.5 Å². The molecule has 1 aliphatic heterocycles. The predicted molar refractivity (Wildman–Crippen MR) is 98.0 cm³/mol. The van der Waals surface area contributed by atoms with Crippen LogP contribution in [0.1, 0.15) is 24.0 Å². The van der Waals surface area contributed by atoms with E-state index in [9.17, 15) is 19.7 Å². The van der Waals surface area contributed by atoms with Crippen LogP contribution in [0.4, 0.5) is 17.1 Å². The van der Waals surface area contributed by atoms with Crippen LogP contribution in [-0.4, -0.2) is 16.7 Å². The molecule has 0 spiro atoms. The van der Waals surface area contributed by atoms with Gasteiger partial charge in [-0.25, -0.2) is 0 Å². The first-order chi connectivity index (χ1) is 12.4. The first-order valence-electron chi connectivity index (χ1n) is 8.37. The van der Waals surface area contributed by atoms with E-state index in [1.165, 1.54) is 6.07 Å². The Morgan fingerprint density at radius 3 is 2.85 bits per heavy atom. The highest BCUT2D eigenvalue weighted by Gasteiger charge is 2.26. The summed E-state index contributed by atoms with van der Waals surface area (Å²) >= 11 is 0. The number of nitrogens with zero attached hydrogens (tertiary/aromatic N) is 1. The van der Waals surface area contributed by atoms with Crippen molar-refractivity contribution in [2.24, 2.45) is 5.92 Å². The average molecular weight is 353 g/mol. The minimum atomic E-state index is -0.477. The fourth-order valence-corrected chi connectivity index (χ4v) is 3.06. The van der Waals surface area contributed by atoms with Crippen LogP contribution >= 0.6 is 0 Å². The van der Waals surface area contributed by atoms with Crippen molar-refractivity contribution in [1.29, 1.82) is 0 Å². The first-order valence-corrected chi connectivity index (χ1v) is 8.37. The summed E-state index contributed by atoms with van der Waals surface area (Å²) < 4.78 is 0. The summed E-state index contributed by atoms with van der Waals surface area (Å²) in [4.78, 5) is 34.8. The third kappa shape index (κ3) is 3.88. The van der Waals surface area contributed by atoms with E-state index in [4.69, 9.17) is 0 Å². The molecule has 26 heavy (non-hydrogen) atoms. The van der Waals surface area contributed by atoms with Gasteiger partial charge >= 0.3 is 0 Å². The van der Waals surface area contributed by atoms with E-state index in [1.807, 2.05) is 24.3 Å². The Hall–Kier alpha value is -3.22. The van der Waals surface area contributed by atoms with Crippen molar-refractivity contribution in [3.63, 3.8) is 0 Å². The molecule has 0 aliphatic carbocycles. The highest BCUT2D eigenvalue weighted by atomic mass is 16.6. The average Bonchev–Trinajstić information content (AvgIpc) is 2.61. The lowest BCUT2D eigenvalue weighted by atomic mass is 9.89. The predicted octanol–water partition coefficient (Wildman–Crippen LogP) is 3.43. The van der Waals surface area contributed by atoms with Gasteiger partial charge in [-0.2, -0.15) is 0 Å². The van der Waals surface area contributed by atoms with Gasteiger partial charge in [0.05, 0.1) is 4.92 Å². The van der Waals surface area contributed by atoms with E-state index in [0.717, 1.165) is 11.3 Å². The molecule has 3 rings (SSSR count). The van der Waals surface area contributed by atoms with Gasteiger partial charge in [0.2, 0.25) is 11.8 Å². The number of para-hydroxylation sites is 1. The number of nitro groups is 1. The molecule has 1 heterocycles. The van der Waals surface area contributed by atoms with Crippen LogP contribution in [0.2, 0.25) is 0 Å². The van der Waals surface area contributed by atoms with E-state index >= 15 is 0 Å². The molecule has 1 atom stereocenters. The molecule has 0 aromatic heterocycles. The zero-order valence-electron chi connectivity index (χ0n) is 14.3. The van der Waals surface area contributed by atoms with Gasteiger partial charge in [-0.3, -0.25) is 19.7 Å². The maximum absolute atomic E-state index is 12.2. The van der Waals surface area contributed by atoms with E-state index in [2.05, 4.69) is 10.6 Å². The fraction of sp³-hybridized carbons (Fsp3) is 0.263. The molecule has 0 saturated carbocycles. The largest absolute Gasteiger partial charge is 0.326 e. The highest BCUT2D eigenvalue weighted by molar-refractivity contribution is 5.96. The topological polar surface area (TPSA) is 101 Å². The van der Waals surface area contributed by atoms with Crippen LogP contribution in [0.25, 0.3) is 0 Å². The van der Waals surface area contributed by atoms with Gasteiger partial charge in [0, 0.05) is 35.3 Å². The molecule has 0 radical (unpaired) electrons. The molecule has 2 N–H and O–H groups in total. The number of carbonyl (C=O) groups excluding carboxylic acids is 2. The van der Waals surface area contributed by atoms with E-state index in [-0.39, 0.29) is 29.8 Å². The number of amides is 2. The summed E-state index contributed by atoms with van der Waals surface area (Å²) in [6.07, 6.45) is 1.19. The van der Waals surface area contributed by atoms with Crippen molar-refractivity contribution in [2.45, 2.75) is 26.2 Å².